The molecule has 1 N–H and O–H groups in total. The van der Waals surface area contributed by atoms with Crippen LogP contribution in [-0.2, 0) is 14.8 Å². The van der Waals surface area contributed by atoms with Gasteiger partial charge in [-0.3, -0.25) is 0 Å². The molecule has 0 bridgehead atoms. The van der Waals surface area contributed by atoms with Crippen molar-refractivity contribution in [3.63, 3.8) is 0 Å². The summed E-state index contributed by atoms with van der Waals surface area (Å²) >= 11 is 0. The second-order valence-electron chi connectivity index (χ2n) is 5.33. The topological polar surface area (TPSA) is 58.6 Å². The van der Waals surface area contributed by atoms with Crippen molar-refractivity contribution in [1.29, 1.82) is 0 Å². The molecule has 2 aliphatic rings. The monoisotopic (exact) mass is 276 g/mol. The third-order valence-corrected chi connectivity index (χ3v) is 5.62. The standard InChI is InChI=1S/C12H24N2O3S/c1-17-8-9-18(15,16)14-6-4-12(5-7-14)13-10-11-2-3-11/h11-13H,2-10H2,1H3. The molecule has 106 valence electrons. The molecule has 1 aliphatic carbocycles. The van der Waals surface area contributed by atoms with E-state index in [9.17, 15) is 8.42 Å². The van der Waals surface area contributed by atoms with E-state index in [2.05, 4.69) is 5.32 Å². The van der Waals surface area contributed by atoms with E-state index in [0.717, 1.165) is 25.3 Å². The van der Waals surface area contributed by atoms with Crippen LogP contribution in [0.15, 0.2) is 0 Å². The summed E-state index contributed by atoms with van der Waals surface area (Å²) in [5.41, 5.74) is 0. The number of rotatable bonds is 7. The highest BCUT2D eigenvalue weighted by Gasteiger charge is 2.28. The van der Waals surface area contributed by atoms with Crippen molar-refractivity contribution in [3.05, 3.63) is 0 Å². The van der Waals surface area contributed by atoms with Crippen LogP contribution in [0.25, 0.3) is 0 Å². The Balaban J connectivity index is 1.71. The van der Waals surface area contributed by atoms with Gasteiger partial charge >= 0.3 is 0 Å². The molecule has 0 aromatic heterocycles. The number of ether oxygens (including phenoxy) is 1. The van der Waals surface area contributed by atoms with Gasteiger partial charge in [0.15, 0.2) is 0 Å². The van der Waals surface area contributed by atoms with Crippen molar-refractivity contribution >= 4 is 10.0 Å². The van der Waals surface area contributed by atoms with E-state index in [1.807, 2.05) is 0 Å². The van der Waals surface area contributed by atoms with Gasteiger partial charge in [-0.25, -0.2) is 12.7 Å². The summed E-state index contributed by atoms with van der Waals surface area (Å²) in [6.45, 7) is 2.69. The van der Waals surface area contributed by atoms with Crippen molar-refractivity contribution in [1.82, 2.24) is 9.62 Å². The Morgan fingerprint density at radius 1 is 1.22 bits per heavy atom. The predicted octanol–water partition coefficient (Wildman–Crippen LogP) is 0.427. The molecule has 18 heavy (non-hydrogen) atoms. The molecule has 2 fully saturated rings. The van der Waals surface area contributed by atoms with E-state index < -0.39 is 10.0 Å². The minimum absolute atomic E-state index is 0.101. The van der Waals surface area contributed by atoms with Crippen molar-refractivity contribution in [2.24, 2.45) is 5.92 Å². The van der Waals surface area contributed by atoms with Gasteiger partial charge in [0.2, 0.25) is 10.0 Å². The van der Waals surface area contributed by atoms with Crippen molar-refractivity contribution < 1.29 is 13.2 Å². The molecule has 0 radical (unpaired) electrons. The zero-order chi connectivity index (χ0) is 13.0. The zero-order valence-electron chi connectivity index (χ0n) is 11.1. The lowest BCUT2D eigenvalue weighted by atomic mass is 10.1. The molecule has 0 unspecified atom stereocenters. The lowest BCUT2D eigenvalue weighted by molar-refractivity contribution is 0.214. The minimum atomic E-state index is -3.11. The smallest absolute Gasteiger partial charge is 0.216 e. The molecular formula is C12H24N2O3S. The fraction of sp³-hybridized carbons (Fsp3) is 1.00. The number of sulfonamides is 1. The lowest BCUT2D eigenvalue weighted by Crippen LogP contribution is -2.46. The Morgan fingerprint density at radius 3 is 2.44 bits per heavy atom. The molecule has 0 aromatic rings. The van der Waals surface area contributed by atoms with Crippen LogP contribution in [0.3, 0.4) is 0 Å². The molecule has 1 aliphatic heterocycles. The largest absolute Gasteiger partial charge is 0.384 e. The van der Waals surface area contributed by atoms with E-state index in [-0.39, 0.29) is 12.4 Å². The maximum Gasteiger partial charge on any atom is 0.216 e. The number of methoxy groups -OCH3 is 1. The average Bonchev–Trinajstić information content (AvgIpc) is 3.18. The summed E-state index contributed by atoms with van der Waals surface area (Å²) in [5.74, 6) is 0.984. The summed E-state index contributed by atoms with van der Waals surface area (Å²) in [7, 11) is -1.58. The molecule has 5 nitrogen and oxygen atoms in total. The molecule has 0 atom stereocenters. The highest BCUT2D eigenvalue weighted by atomic mass is 32.2. The Bertz CT molecular complexity index is 346. The van der Waals surface area contributed by atoms with Crippen LogP contribution in [0.1, 0.15) is 25.7 Å². The fourth-order valence-corrected chi connectivity index (χ4v) is 3.71. The third kappa shape index (κ3) is 4.19. The molecule has 0 spiro atoms. The van der Waals surface area contributed by atoms with Crippen LogP contribution >= 0.6 is 0 Å². The molecule has 0 aromatic carbocycles. The van der Waals surface area contributed by atoms with Crippen molar-refractivity contribution in [3.8, 4) is 0 Å². The van der Waals surface area contributed by atoms with Gasteiger partial charge in [0, 0.05) is 26.2 Å². The average molecular weight is 276 g/mol. The fourth-order valence-electron chi connectivity index (χ4n) is 2.31. The molecule has 1 saturated carbocycles. The molecular weight excluding hydrogens is 252 g/mol. The molecule has 0 amide bonds. The Kier molecular flexibility index (Phi) is 5.00. The van der Waals surface area contributed by atoms with E-state index in [4.69, 9.17) is 4.74 Å². The van der Waals surface area contributed by atoms with Gasteiger partial charge in [-0.15, -0.1) is 0 Å². The number of nitrogens with one attached hydrogen (secondary N) is 1. The molecule has 6 heteroatoms. The number of hydrogen-bond donors (Lipinski definition) is 1. The van der Waals surface area contributed by atoms with E-state index in [0.29, 0.717) is 19.1 Å². The first-order valence-electron chi connectivity index (χ1n) is 6.82. The van der Waals surface area contributed by atoms with Gasteiger partial charge in [-0.2, -0.15) is 0 Å². The van der Waals surface area contributed by atoms with E-state index >= 15 is 0 Å². The third-order valence-electron chi connectivity index (χ3n) is 3.78. The van der Waals surface area contributed by atoms with E-state index in [1.54, 1.807) is 4.31 Å². The highest BCUT2D eigenvalue weighted by molar-refractivity contribution is 7.89. The van der Waals surface area contributed by atoms with Gasteiger partial charge in [0.1, 0.15) is 0 Å². The van der Waals surface area contributed by atoms with Gasteiger partial charge in [-0.05, 0) is 38.1 Å². The normalized spacial score (nSPS) is 23.4. The van der Waals surface area contributed by atoms with Gasteiger partial charge < -0.3 is 10.1 Å². The second kappa shape index (κ2) is 6.32. The molecule has 1 saturated heterocycles. The second-order valence-corrected chi connectivity index (χ2v) is 7.42. The van der Waals surface area contributed by atoms with Crippen LogP contribution in [0.5, 0.6) is 0 Å². The van der Waals surface area contributed by atoms with Crippen molar-refractivity contribution in [2.45, 2.75) is 31.7 Å². The predicted molar refractivity (Wildman–Crippen MR) is 71.0 cm³/mol. The summed E-state index contributed by atoms with van der Waals surface area (Å²) in [4.78, 5) is 0. The zero-order valence-corrected chi connectivity index (χ0v) is 11.9. The number of piperidine rings is 1. The highest BCUT2D eigenvalue weighted by Crippen LogP contribution is 2.28. The Morgan fingerprint density at radius 2 is 1.89 bits per heavy atom. The first-order valence-corrected chi connectivity index (χ1v) is 8.43. The van der Waals surface area contributed by atoms with Crippen LogP contribution in [0.4, 0.5) is 0 Å². The molecule has 2 rings (SSSR count). The minimum Gasteiger partial charge on any atom is -0.384 e. The number of hydrogen-bond acceptors (Lipinski definition) is 4. The van der Waals surface area contributed by atoms with Gasteiger partial charge in [-0.1, -0.05) is 0 Å². The first kappa shape index (κ1) is 14.2. The Labute approximate surface area is 110 Å². The first-order chi connectivity index (χ1) is 8.62. The van der Waals surface area contributed by atoms with Crippen LogP contribution in [0, 0.1) is 5.92 Å². The summed E-state index contributed by atoms with van der Waals surface area (Å²) in [6, 6.07) is 0.500. The lowest BCUT2D eigenvalue weighted by Gasteiger charge is -2.31. The summed E-state index contributed by atoms with van der Waals surface area (Å²) < 4.78 is 30.4. The van der Waals surface area contributed by atoms with Gasteiger partial charge in [0.25, 0.3) is 0 Å². The van der Waals surface area contributed by atoms with Crippen LogP contribution in [0.2, 0.25) is 0 Å². The van der Waals surface area contributed by atoms with Gasteiger partial charge in [0.05, 0.1) is 12.4 Å². The maximum absolute atomic E-state index is 12.0. The quantitative estimate of drug-likeness (QED) is 0.732. The number of nitrogens with zero attached hydrogens (tertiary/aromatic N) is 1. The SMILES string of the molecule is COCCS(=O)(=O)N1CCC(NCC2CC2)CC1. The van der Waals surface area contributed by atoms with Crippen LogP contribution in [-0.4, -0.2) is 57.9 Å². The molecule has 1 heterocycles. The van der Waals surface area contributed by atoms with E-state index in [1.165, 1.54) is 20.0 Å². The van der Waals surface area contributed by atoms with Crippen LogP contribution < -0.4 is 5.32 Å². The van der Waals surface area contributed by atoms with Crippen molar-refractivity contribution in [2.75, 3.05) is 39.1 Å². The maximum atomic E-state index is 12.0. The summed E-state index contributed by atoms with van der Waals surface area (Å²) in [5, 5.41) is 3.55. The summed E-state index contributed by atoms with van der Waals surface area (Å²) in [6.07, 6.45) is 4.58. The Hall–Kier alpha value is -0.170.